The van der Waals surface area contributed by atoms with Gasteiger partial charge in [-0.3, -0.25) is 14.9 Å². The number of hydrogen-bond donors (Lipinski definition) is 2. The van der Waals surface area contributed by atoms with Crippen molar-refractivity contribution >= 4 is 5.91 Å². The Morgan fingerprint density at radius 3 is 3.20 bits per heavy atom. The van der Waals surface area contributed by atoms with Crippen LogP contribution in [0.25, 0.3) is 0 Å². The molecule has 0 radical (unpaired) electrons. The minimum absolute atomic E-state index is 0.0387. The summed E-state index contributed by atoms with van der Waals surface area (Å²) in [5, 5.41) is 9.22. The lowest BCUT2D eigenvalue weighted by Gasteiger charge is -2.17. The summed E-state index contributed by atoms with van der Waals surface area (Å²) in [5.41, 5.74) is -0.0387. The molecule has 0 unspecified atom stereocenters. The first-order valence-corrected chi connectivity index (χ1v) is 6.13. The van der Waals surface area contributed by atoms with Crippen LogP contribution in [0.1, 0.15) is 28.7 Å². The molecule has 8 heteroatoms. The molecule has 2 aromatic rings. The molecule has 0 aliphatic carbocycles. The van der Waals surface area contributed by atoms with Gasteiger partial charge in [0, 0.05) is 12.8 Å². The van der Waals surface area contributed by atoms with Crippen molar-refractivity contribution in [1.29, 1.82) is 0 Å². The molecule has 0 spiro atoms. The van der Waals surface area contributed by atoms with Crippen molar-refractivity contribution < 1.29 is 13.9 Å². The summed E-state index contributed by atoms with van der Waals surface area (Å²) in [7, 11) is 0. The van der Waals surface area contributed by atoms with E-state index in [2.05, 4.69) is 25.5 Å². The summed E-state index contributed by atoms with van der Waals surface area (Å²) < 4.78 is 19.0. The number of aromatic nitrogens is 4. The van der Waals surface area contributed by atoms with Gasteiger partial charge >= 0.3 is 0 Å². The Bertz CT molecular complexity index is 604. The second-order valence-corrected chi connectivity index (χ2v) is 4.39. The molecule has 0 bridgehead atoms. The fraction of sp³-hybridized carbons (Fsp3) is 0.333. The first kappa shape index (κ1) is 12.7. The van der Waals surface area contributed by atoms with Crippen molar-refractivity contribution in [3.8, 4) is 0 Å². The van der Waals surface area contributed by atoms with Crippen LogP contribution in [0.2, 0.25) is 0 Å². The van der Waals surface area contributed by atoms with Crippen molar-refractivity contribution in [3.63, 3.8) is 0 Å². The fourth-order valence-corrected chi connectivity index (χ4v) is 2.16. The van der Waals surface area contributed by atoms with E-state index in [4.69, 9.17) is 4.74 Å². The number of hydrogen-bond acceptors (Lipinski definition) is 5. The molecule has 7 nitrogen and oxygen atoms in total. The molecule has 2 atom stereocenters. The molecular formula is C12H12FN5O2. The Kier molecular flexibility index (Phi) is 3.38. The van der Waals surface area contributed by atoms with E-state index in [-0.39, 0.29) is 11.6 Å². The predicted molar refractivity (Wildman–Crippen MR) is 65.1 cm³/mol. The number of nitrogens with zero attached hydrogens (tertiary/aromatic N) is 3. The van der Waals surface area contributed by atoms with E-state index in [1.54, 1.807) is 0 Å². The number of carbonyl (C=O) groups excluding carboxylic acids is 1. The van der Waals surface area contributed by atoms with Crippen LogP contribution in [-0.4, -0.2) is 38.7 Å². The highest BCUT2D eigenvalue weighted by atomic mass is 19.1. The predicted octanol–water partition coefficient (Wildman–Crippen LogP) is 0.599. The normalized spacial score (nSPS) is 21.9. The maximum absolute atomic E-state index is 13.5. The lowest BCUT2D eigenvalue weighted by Crippen LogP contribution is -2.37. The second kappa shape index (κ2) is 5.33. The number of rotatable bonds is 3. The van der Waals surface area contributed by atoms with Crippen molar-refractivity contribution in [2.45, 2.75) is 18.6 Å². The number of nitrogens with one attached hydrogen (secondary N) is 2. The second-order valence-electron chi connectivity index (χ2n) is 4.39. The SMILES string of the molecule is O=C(N[C@H]1CCO[C@H]1c1ncn[nH]1)c1ccncc1F. The number of amides is 1. The zero-order valence-electron chi connectivity index (χ0n) is 10.4. The van der Waals surface area contributed by atoms with E-state index >= 15 is 0 Å². The fourth-order valence-electron chi connectivity index (χ4n) is 2.16. The Balaban J connectivity index is 1.74. The molecule has 20 heavy (non-hydrogen) atoms. The summed E-state index contributed by atoms with van der Waals surface area (Å²) >= 11 is 0. The number of halogens is 1. The summed E-state index contributed by atoms with van der Waals surface area (Å²) in [6.07, 6.45) is 3.99. The van der Waals surface area contributed by atoms with Crippen LogP contribution in [0.15, 0.2) is 24.8 Å². The Labute approximate surface area is 113 Å². The molecule has 0 aromatic carbocycles. The molecule has 2 aromatic heterocycles. The van der Waals surface area contributed by atoms with Gasteiger partial charge in [0.15, 0.2) is 11.6 Å². The van der Waals surface area contributed by atoms with Gasteiger partial charge in [-0.1, -0.05) is 0 Å². The molecule has 104 valence electrons. The maximum Gasteiger partial charge on any atom is 0.254 e. The third-order valence-corrected chi connectivity index (χ3v) is 3.13. The van der Waals surface area contributed by atoms with E-state index < -0.39 is 17.8 Å². The van der Waals surface area contributed by atoms with Crippen molar-refractivity contribution in [3.05, 3.63) is 42.0 Å². The quantitative estimate of drug-likeness (QED) is 0.857. The summed E-state index contributed by atoms with van der Waals surface area (Å²) in [6.45, 7) is 0.495. The van der Waals surface area contributed by atoms with Gasteiger partial charge in [-0.05, 0) is 12.5 Å². The lowest BCUT2D eigenvalue weighted by molar-refractivity contribution is 0.0789. The standard InChI is InChI=1S/C12H12FN5O2/c13-8-5-14-3-1-7(8)12(19)17-9-2-4-20-10(9)11-15-6-16-18-11/h1,3,5-6,9-10H,2,4H2,(H,17,19)(H,15,16,18)/t9-,10+/m0/s1. The van der Waals surface area contributed by atoms with Crippen LogP contribution in [0, 0.1) is 5.82 Å². The minimum Gasteiger partial charge on any atom is -0.368 e. The summed E-state index contributed by atoms with van der Waals surface area (Å²) in [5.74, 6) is -0.604. The van der Waals surface area contributed by atoms with E-state index in [9.17, 15) is 9.18 Å². The first-order valence-electron chi connectivity index (χ1n) is 6.13. The van der Waals surface area contributed by atoms with Crippen LogP contribution >= 0.6 is 0 Å². The van der Waals surface area contributed by atoms with Gasteiger partial charge < -0.3 is 10.1 Å². The minimum atomic E-state index is -0.653. The van der Waals surface area contributed by atoms with Gasteiger partial charge in [0.2, 0.25) is 0 Å². The first-order chi connectivity index (χ1) is 9.75. The smallest absolute Gasteiger partial charge is 0.254 e. The van der Waals surface area contributed by atoms with E-state index in [1.807, 2.05) is 0 Å². The third-order valence-electron chi connectivity index (χ3n) is 3.13. The molecule has 1 aliphatic rings. The van der Waals surface area contributed by atoms with Crippen molar-refractivity contribution in [2.24, 2.45) is 0 Å². The van der Waals surface area contributed by atoms with Gasteiger partial charge in [-0.15, -0.1) is 0 Å². The lowest BCUT2D eigenvalue weighted by atomic mass is 10.1. The molecule has 1 saturated heterocycles. The molecule has 1 fully saturated rings. The molecule has 2 N–H and O–H groups in total. The van der Waals surface area contributed by atoms with Gasteiger partial charge in [0.05, 0.1) is 17.8 Å². The van der Waals surface area contributed by atoms with Crippen LogP contribution < -0.4 is 5.32 Å². The Hall–Kier alpha value is -2.35. The van der Waals surface area contributed by atoms with Crippen LogP contribution in [0.4, 0.5) is 4.39 Å². The highest BCUT2D eigenvalue weighted by Gasteiger charge is 2.33. The number of pyridine rings is 1. The van der Waals surface area contributed by atoms with Gasteiger partial charge in [-0.2, -0.15) is 5.10 Å². The van der Waals surface area contributed by atoms with E-state index in [0.29, 0.717) is 18.9 Å². The topological polar surface area (TPSA) is 92.8 Å². The number of aromatic amines is 1. The van der Waals surface area contributed by atoms with Crippen LogP contribution in [0.3, 0.4) is 0 Å². The largest absolute Gasteiger partial charge is 0.368 e. The zero-order chi connectivity index (χ0) is 13.9. The molecule has 3 rings (SSSR count). The van der Waals surface area contributed by atoms with Crippen LogP contribution in [-0.2, 0) is 4.74 Å². The van der Waals surface area contributed by atoms with E-state index in [1.165, 1.54) is 18.6 Å². The van der Waals surface area contributed by atoms with Crippen molar-refractivity contribution in [1.82, 2.24) is 25.5 Å². The highest BCUT2D eigenvalue weighted by molar-refractivity contribution is 5.94. The van der Waals surface area contributed by atoms with E-state index in [0.717, 1.165) is 6.20 Å². The zero-order valence-corrected chi connectivity index (χ0v) is 10.4. The highest BCUT2D eigenvalue weighted by Crippen LogP contribution is 2.26. The van der Waals surface area contributed by atoms with Gasteiger partial charge in [-0.25, -0.2) is 9.37 Å². The maximum atomic E-state index is 13.5. The average Bonchev–Trinajstić information content (AvgIpc) is 3.09. The summed E-state index contributed by atoms with van der Waals surface area (Å²) in [6, 6.07) is 1.06. The molecular weight excluding hydrogens is 265 g/mol. The third kappa shape index (κ3) is 2.37. The van der Waals surface area contributed by atoms with Gasteiger partial charge in [0.1, 0.15) is 12.4 Å². The number of H-pyrrole nitrogens is 1. The molecule has 0 saturated carbocycles. The number of ether oxygens (including phenoxy) is 1. The Morgan fingerprint density at radius 2 is 2.45 bits per heavy atom. The average molecular weight is 277 g/mol. The molecule has 1 amide bonds. The van der Waals surface area contributed by atoms with Crippen molar-refractivity contribution in [2.75, 3.05) is 6.61 Å². The van der Waals surface area contributed by atoms with Crippen LogP contribution in [0.5, 0.6) is 0 Å². The monoisotopic (exact) mass is 277 g/mol. The van der Waals surface area contributed by atoms with Gasteiger partial charge in [0.25, 0.3) is 5.91 Å². The number of carbonyl (C=O) groups is 1. The molecule has 1 aliphatic heterocycles. The molecule has 3 heterocycles. The Morgan fingerprint density at radius 1 is 1.55 bits per heavy atom. The summed E-state index contributed by atoms with van der Waals surface area (Å²) in [4.78, 5) is 19.7.